The standard InChI is InChI=1S/C12H9ClN4O2/c13-9-4-2-1-3-8(9)7-14-17-12(19)10-5-6-11(18)16-15-10/h1-7H,(H,16,18)(H,17,19). The van der Waals surface area contributed by atoms with E-state index in [1.165, 1.54) is 18.3 Å². The molecular weight excluding hydrogens is 268 g/mol. The largest absolute Gasteiger partial charge is 0.291 e. The van der Waals surface area contributed by atoms with Crippen LogP contribution in [0.5, 0.6) is 0 Å². The van der Waals surface area contributed by atoms with Gasteiger partial charge in [-0.3, -0.25) is 9.59 Å². The minimum atomic E-state index is -0.528. The Balaban J connectivity index is 2.03. The molecule has 0 atom stereocenters. The summed E-state index contributed by atoms with van der Waals surface area (Å²) < 4.78 is 0. The normalized spacial score (nSPS) is 10.6. The number of nitrogens with one attached hydrogen (secondary N) is 2. The van der Waals surface area contributed by atoms with Crippen molar-refractivity contribution < 1.29 is 4.79 Å². The highest BCUT2D eigenvalue weighted by Crippen LogP contribution is 2.11. The van der Waals surface area contributed by atoms with Crippen LogP contribution in [0.15, 0.2) is 46.3 Å². The van der Waals surface area contributed by atoms with Gasteiger partial charge in [0, 0.05) is 16.7 Å². The number of amides is 1. The predicted octanol–water partition coefficient (Wildman–Crippen LogP) is 1.19. The van der Waals surface area contributed by atoms with Crippen LogP contribution in [-0.4, -0.2) is 22.3 Å². The minimum absolute atomic E-state index is 0.0657. The fourth-order valence-corrected chi connectivity index (χ4v) is 1.45. The maximum absolute atomic E-state index is 11.6. The molecule has 7 heteroatoms. The van der Waals surface area contributed by atoms with Gasteiger partial charge in [0.15, 0.2) is 5.69 Å². The molecule has 1 aromatic carbocycles. The van der Waals surface area contributed by atoms with Crippen LogP contribution in [0.4, 0.5) is 0 Å². The monoisotopic (exact) mass is 276 g/mol. The molecule has 2 rings (SSSR count). The van der Waals surface area contributed by atoms with Crippen LogP contribution >= 0.6 is 11.6 Å². The van der Waals surface area contributed by atoms with Crippen LogP contribution in [0.3, 0.4) is 0 Å². The van der Waals surface area contributed by atoms with Crippen LogP contribution in [0, 0.1) is 0 Å². The maximum atomic E-state index is 11.6. The lowest BCUT2D eigenvalue weighted by Crippen LogP contribution is -2.21. The average molecular weight is 277 g/mol. The molecule has 0 unspecified atom stereocenters. The first-order valence-corrected chi connectivity index (χ1v) is 5.68. The van der Waals surface area contributed by atoms with Crippen molar-refractivity contribution in [2.45, 2.75) is 0 Å². The molecule has 0 saturated carbocycles. The van der Waals surface area contributed by atoms with Crippen molar-refractivity contribution in [1.29, 1.82) is 0 Å². The average Bonchev–Trinajstić information content (AvgIpc) is 2.41. The third-order valence-corrected chi connectivity index (χ3v) is 2.53. The molecule has 6 nitrogen and oxygen atoms in total. The Kier molecular flexibility index (Phi) is 4.04. The zero-order chi connectivity index (χ0) is 13.7. The Bertz CT molecular complexity index is 661. The Hall–Kier alpha value is -2.47. The Morgan fingerprint density at radius 3 is 2.79 bits per heavy atom. The molecule has 0 fully saturated rings. The molecule has 0 aliphatic carbocycles. The third kappa shape index (κ3) is 3.49. The predicted molar refractivity (Wildman–Crippen MR) is 71.4 cm³/mol. The number of carbonyl (C=O) groups excluding carboxylic acids is 1. The van der Waals surface area contributed by atoms with E-state index in [1.807, 2.05) is 0 Å². The summed E-state index contributed by atoms with van der Waals surface area (Å²) in [6.07, 6.45) is 1.42. The summed E-state index contributed by atoms with van der Waals surface area (Å²) in [5.41, 5.74) is 2.65. The number of hydrogen-bond acceptors (Lipinski definition) is 4. The number of H-pyrrole nitrogens is 1. The zero-order valence-corrected chi connectivity index (χ0v) is 10.4. The van der Waals surface area contributed by atoms with Crippen LogP contribution < -0.4 is 11.0 Å². The number of carbonyl (C=O) groups is 1. The quantitative estimate of drug-likeness (QED) is 0.652. The van der Waals surface area contributed by atoms with E-state index >= 15 is 0 Å². The van der Waals surface area contributed by atoms with Gasteiger partial charge in [0.1, 0.15) is 0 Å². The van der Waals surface area contributed by atoms with Crippen molar-refractivity contribution in [2.75, 3.05) is 0 Å². The van der Waals surface area contributed by atoms with Gasteiger partial charge in [-0.1, -0.05) is 29.8 Å². The summed E-state index contributed by atoms with van der Waals surface area (Å²) >= 11 is 5.92. The van der Waals surface area contributed by atoms with E-state index in [1.54, 1.807) is 24.3 Å². The lowest BCUT2D eigenvalue weighted by atomic mass is 10.2. The third-order valence-electron chi connectivity index (χ3n) is 2.19. The summed E-state index contributed by atoms with van der Waals surface area (Å²) in [7, 11) is 0. The molecular formula is C12H9ClN4O2. The highest BCUT2D eigenvalue weighted by molar-refractivity contribution is 6.33. The Morgan fingerprint density at radius 1 is 1.32 bits per heavy atom. The topological polar surface area (TPSA) is 87.2 Å². The zero-order valence-electron chi connectivity index (χ0n) is 9.63. The first-order valence-electron chi connectivity index (χ1n) is 5.30. The summed E-state index contributed by atoms with van der Waals surface area (Å²) in [6.45, 7) is 0. The van der Waals surface area contributed by atoms with Gasteiger partial charge < -0.3 is 0 Å². The van der Waals surface area contributed by atoms with E-state index in [-0.39, 0.29) is 11.3 Å². The molecule has 0 spiro atoms. The van der Waals surface area contributed by atoms with Gasteiger partial charge in [0.05, 0.1) is 6.21 Å². The number of rotatable bonds is 3. The maximum Gasteiger partial charge on any atom is 0.291 e. The number of hydrazone groups is 1. The van der Waals surface area contributed by atoms with Gasteiger partial charge in [-0.25, -0.2) is 10.5 Å². The van der Waals surface area contributed by atoms with Gasteiger partial charge >= 0.3 is 0 Å². The van der Waals surface area contributed by atoms with Gasteiger partial charge in [0.2, 0.25) is 0 Å². The highest BCUT2D eigenvalue weighted by Gasteiger charge is 2.05. The fourth-order valence-electron chi connectivity index (χ4n) is 1.27. The van der Waals surface area contributed by atoms with Gasteiger partial charge in [-0.2, -0.15) is 10.2 Å². The molecule has 0 saturated heterocycles. The molecule has 0 bridgehead atoms. The van der Waals surface area contributed by atoms with Crippen molar-refractivity contribution in [3.8, 4) is 0 Å². The molecule has 1 aromatic heterocycles. The van der Waals surface area contributed by atoms with E-state index in [4.69, 9.17) is 11.6 Å². The van der Waals surface area contributed by atoms with Crippen LogP contribution in [0.2, 0.25) is 5.02 Å². The Labute approximate surface area is 113 Å². The van der Waals surface area contributed by atoms with Crippen molar-refractivity contribution in [2.24, 2.45) is 5.10 Å². The second-order valence-corrected chi connectivity index (χ2v) is 3.93. The number of nitrogens with zero attached hydrogens (tertiary/aromatic N) is 2. The van der Waals surface area contributed by atoms with E-state index < -0.39 is 5.91 Å². The van der Waals surface area contributed by atoms with Crippen LogP contribution in [0.25, 0.3) is 0 Å². The Morgan fingerprint density at radius 2 is 2.11 bits per heavy atom. The number of aromatic nitrogens is 2. The molecule has 2 aromatic rings. The highest BCUT2D eigenvalue weighted by atomic mass is 35.5. The second kappa shape index (κ2) is 5.92. The molecule has 0 aliphatic heterocycles. The van der Waals surface area contributed by atoms with E-state index in [0.717, 1.165) is 0 Å². The molecule has 0 aliphatic rings. The number of benzene rings is 1. The SMILES string of the molecule is O=C(NN=Cc1ccccc1Cl)c1ccc(=O)[nH]n1. The van der Waals surface area contributed by atoms with Gasteiger partial charge in [-0.15, -0.1) is 0 Å². The van der Waals surface area contributed by atoms with E-state index in [9.17, 15) is 9.59 Å². The molecule has 2 N–H and O–H groups in total. The van der Waals surface area contributed by atoms with Gasteiger partial charge in [-0.05, 0) is 12.1 Å². The number of hydrogen-bond donors (Lipinski definition) is 2. The fraction of sp³-hybridized carbons (Fsp3) is 0. The summed E-state index contributed by atoms with van der Waals surface area (Å²) in [5, 5.41) is 10.0. The first-order chi connectivity index (χ1) is 9.16. The second-order valence-electron chi connectivity index (χ2n) is 3.53. The number of halogens is 1. The lowest BCUT2D eigenvalue weighted by Gasteiger charge is -1.98. The first kappa shape index (κ1) is 13.0. The van der Waals surface area contributed by atoms with Crippen LogP contribution in [-0.2, 0) is 0 Å². The van der Waals surface area contributed by atoms with E-state index in [2.05, 4.69) is 20.7 Å². The van der Waals surface area contributed by atoms with Gasteiger partial charge in [0.25, 0.3) is 11.5 Å². The molecule has 19 heavy (non-hydrogen) atoms. The lowest BCUT2D eigenvalue weighted by molar-refractivity contribution is 0.0949. The molecule has 1 heterocycles. The minimum Gasteiger partial charge on any atom is -0.268 e. The van der Waals surface area contributed by atoms with Crippen LogP contribution in [0.1, 0.15) is 16.1 Å². The van der Waals surface area contributed by atoms with Crippen molar-refractivity contribution >= 4 is 23.7 Å². The molecule has 1 amide bonds. The summed E-state index contributed by atoms with van der Waals surface area (Å²) in [5.74, 6) is -0.528. The summed E-state index contributed by atoms with van der Waals surface area (Å²) in [4.78, 5) is 22.4. The molecule has 0 radical (unpaired) electrons. The van der Waals surface area contributed by atoms with Crippen molar-refractivity contribution in [1.82, 2.24) is 15.6 Å². The molecule has 96 valence electrons. The van der Waals surface area contributed by atoms with Crippen molar-refractivity contribution in [3.63, 3.8) is 0 Å². The summed E-state index contributed by atoms with van der Waals surface area (Å²) in [6, 6.07) is 9.59. The van der Waals surface area contributed by atoms with Crippen molar-refractivity contribution in [3.05, 3.63) is 63.0 Å². The smallest absolute Gasteiger partial charge is 0.268 e. The van der Waals surface area contributed by atoms with E-state index in [0.29, 0.717) is 10.6 Å². The number of aromatic amines is 1.